The lowest BCUT2D eigenvalue weighted by molar-refractivity contribution is -0.206. The SMILES string of the molecule is CCC[Si](C)(C)COC1CCO1. The summed E-state index contributed by atoms with van der Waals surface area (Å²) in [6.07, 6.45) is 3.48. The maximum Gasteiger partial charge on any atom is 0.159 e. The summed E-state index contributed by atoms with van der Waals surface area (Å²) < 4.78 is 10.8. The maximum absolute atomic E-state index is 5.63. The van der Waals surface area contributed by atoms with Crippen molar-refractivity contribution >= 4 is 8.07 Å². The van der Waals surface area contributed by atoms with Crippen LogP contribution in [0.5, 0.6) is 0 Å². The third-order valence-corrected chi connectivity index (χ3v) is 5.05. The molecule has 1 rings (SSSR count). The Morgan fingerprint density at radius 2 is 2.17 bits per heavy atom. The molecule has 1 aliphatic heterocycles. The van der Waals surface area contributed by atoms with Gasteiger partial charge in [0, 0.05) is 12.7 Å². The van der Waals surface area contributed by atoms with E-state index in [0.717, 1.165) is 19.3 Å². The Bertz CT molecular complexity index is 132. The number of hydrogen-bond donors (Lipinski definition) is 0. The molecule has 0 N–H and O–H groups in total. The molecule has 1 heterocycles. The summed E-state index contributed by atoms with van der Waals surface area (Å²) in [5.41, 5.74) is 0. The van der Waals surface area contributed by atoms with Gasteiger partial charge in [-0.05, 0) is 0 Å². The van der Waals surface area contributed by atoms with Crippen molar-refractivity contribution in [1.29, 1.82) is 0 Å². The first-order valence-electron chi connectivity index (χ1n) is 4.87. The normalized spacial score (nSPS) is 23.8. The molecule has 1 unspecified atom stereocenters. The van der Waals surface area contributed by atoms with Gasteiger partial charge in [-0.25, -0.2) is 0 Å². The largest absolute Gasteiger partial charge is 0.356 e. The number of rotatable bonds is 5. The minimum atomic E-state index is -1.05. The average molecular weight is 188 g/mol. The third kappa shape index (κ3) is 3.25. The van der Waals surface area contributed by atoms with Crippen molar-refractivity contribution in [2.24, 2.45) is 0 Å². The molecule has 72 valence electrons. The predicted octanol–water partition coefficient (Wildman–Crippen LogP) is 2.41. The van der Waals surface area contributed by atoms with E-state index in [2.05, 4.69) is 20.0 Å². The van der Waals surface area contributed by atoms with E-state index < -0.39 is 8.07 Å². The van der Waals surface area contributed by atoms with Crippen molar-refractivity contribution in [3.8, 4) is 0 Å². The van der Waals surface area contributed by atoms with Crippen LogP contribution in [0.4, 0.5) is 0 Å². The fraction of sp³-hybridized carbons (Fsp3) is 1.00. The zero-order valence-electron chi connectivity index (χ0n) is 8.43. The molecule has 0 saturated carbocycles. The van der Waals surface area contributed by atoms with Gasteiger partial charge in [0.2, 0.25) is 0 Å². The van der Waals surface area contributed by atoms with Crippen LogP contribution in [-0.2, 0) is 9.47 Å². The van der Waals surface area contributed by atoms with Crippen LogP contribution in [0.3, 0.4) is 0 Å². The summed E-state index contributed by atoms with van der Waals surface area (Å²) in [6.45, 7) is 7.90. The highest BCUT2D eigenvalue weighted by molar-refractivity contribution is 6.77. The molecule has 0 radical (unpaired) electrons. The molecular weight excluding hydrogens is 168 g/mol. The van der Waals surface area contributed by atoms with Gasteiger partial charge < -0.3 is 9.47 Å². The van der Waals surface area contributed by atoms with Crippen LogP contribution in [0, 0.1) is 0 Å². The van der Waals surface area contributed by atoms with Crippen LogP contribution >= 0.6 is 0 Å². The summed E-state index contributed by atoms with van der Waals surface area (Å²) in [6, 6.07) is 1.36. The zero-order chi connectivity index (χ0) is 9.03. The molecule has 0 aromatic carbocycles. The topological polar surface area (TPSA) is 18.5 Å². The van der Waals surface area contributed by atoms with Crippen molar-refractivity contribution in [2.75, 3.05) is 12.8 Å². The van der Waals surface area contributed by atoms with E-state index in [1.165, 1.54) is 12.5 Å². The van der Waals surface area contributed by atoms with Gasteiger partial charge in [-0.1, -0.05) is 32.5 Å². The van der Waals surface area contributed by atoms with Crippen LogP contribution in [0.2, 0.25) is 19.1 Å². The van der Waals surface area contributed by atoms with E-state index in [4.69, 9.17) is 9.47 Å². The summed E-state index contributed by atoms with van der Waals surface area (Å²) in [7, 11) is -1.05. The highest BCUT2D eigenvalue weighted by Crippen LogP contribution is 2.17. The molecule has 3 heteroatoms. The second kappa shape index (κ2) is 4.39. The molecule has 0 spiro atoms. The Morgan fingerprint density at radius 1 is 1.50 bits per heavy atom. The quantitative estimate of drug-likeness (QED) is 0.617. The molecule has 12 heavy (non-hydrogen) atoms. The fourth-order valence-electron chi connectivity index (χ4n) is 1.41. The lowest BCUT2D eigenvalue weighted by Crippen LogP contribution is -2.38. The molecule has 0 aromatic heterocycles. The van der Waals surface area contributed by atoms with Crippen LogP contribution in [0.15, 0.2) is 0 Å². The standard InChI is InChI=1S/C9H20O2Si/c1-4-7-12(2,3)8-11-9-5-6-10-9/h9H,4-8H2,1-3H3. The second-order valence-electron chi connectivity index (χ2n) is 4.31. The number of hydrogen-bond acceptors (Lipinski definition) is 2. The molecule has 0 amide bonds. The first-order valence-corrected chi connectivity index (χ1v) is 8.29. The molecule has 1 aliphatic rings. The Hall–Kier alpha value is 0.137. The molecule has 0 bridgehead atoms. The summed E-state index contributed by atoms with van der Waals surface area (Å²) in [4.78, 5) is 0. The first-order chi connectivity index (χ1) is 5.64. The summed E-state index contributed by atoms with van der Waals surface area (Å²) in [5, 5.41) is 0. The van der Waals surface area contributed by atoms with Gasteiger partial charge in [0.1, 0.15) is 0 Å². The van der Waals surface area contributed by atoms with E-state index in [1.54, 1.807) is 0 Å². The van der Waals surface area contributed by atoms with Gasteiger partial charge in [0.25, 0.3) is 0 Å². The average Bonchev–Trinajstić information content (AvgIpc) is 1.82. The zero-order valence-corrected chi connectivity index (χ0v) is 9.43. The lowest BCUT2D eigenvalue weighted by atomic mass is 10.3. The van der Waals surface area contributed by atoms with Gasteiger partial charge in [-0.15, -0.1) is 0 Å². The smallest absolute Gasteiger partial charge is 0.159 e. The lowest BCUT2D eigenvalue weighted by Gasteiger charge is -2.30. The van der Waals surface area contributed by atoms with E-state index in [0.29, 0.717) is 0 Å². The third-order valence-electron chi connectivity index (χ3n) is 2.24. The van der Waals surface area contributed by atoms with Crippen molar-refractivity contribution < 1.29 is 9.47 Å². The molecule has 0 aliphatic carbocycles. The summed E-state index contributed by atoms with van der Waals surface area (Å²) >= 11 is 0. The Morgan fingerprint density at radius 3 is 2.58 bits per heavy atom. The minimum Gasteiger partial charge on any atom is -0.356 e. The highest BCUT2D eigenvalue weighted by atomic mass is 28.3. The van der Waals surface area contributed by atoms with Crippen LogP contribution in [0.1, 0.15) is 19.8 Å². The molecule has 2 nitrogen and oxygen atoms in total. The van der Waals surface area contributed by atoms with E-state index in [9.17, 15) is 0 Å². The van der Waals surface area contributed by atoms with Gasteiger partial charge >= 0.3 is 0 Å². The van der Waals surface area contributed by atoms with Gasteiger partial charge in [-0.2, -0.15) is 0 Å². The van der Waals surface area contributed by atoms with E-state index in [1.807, 2.05) is 0 Å². The van der Waals surface area contributed by atoms with Gasteiger partial charge in [0.05, 0.1) is 14.7 Å². The minimum absolute atomic E-state index is 0.133. The fourth-order valence-corrected chi connectivity index (χ4v) is 3.55. The summed E-state index contributed by atoms with van der Waals surface area (Å²) in [5.74, 6) is 0. The van der Waals surface area contributed by atoms with Crippen molar-refractivity contribution in [3.05, 3.63) is 0 Å². The molecular formula is C9H20O2Si. The monoisotopic (exact) mass is 188 g/mol. The second-order valence-corrected chi connectivity index (χ2v) is 9.43. The number of ether oxygens (including phenoxy) is 2. The Kier molecular flexibility index (Phi) is 3.74. The highest BCUT2D eigenvalue weighted by Gasteiger charge is 2.25. The molecule has 1 atom stereocenters. The molecule has 1 saturated heterocycles. The van der Waals surface area contributed by atoms with Crippen molar-refractivity contribution in [2.45, 2.75) is 45.2 Å². The van der Waals surface area contributed by atoms with Gasteiger partial charge in [-0.3, -0.25) is 0 Å². The molecule has 1 fully saturated rings. The van der Waals surface area contributed by atoms with Crippen LogP contribution < -0.4 is 0 Å². The molecule has 0 aromatic rings. The van der Waals surface area contributed by atoms with Crippen LogP contribution in [-0.4, -0.2) is 27.2 Å². The predicted molar refractivity (Wildman–Crippen MR) is 52.9 cm³/mol. The van der Waals surface area contributed by atoms with Crippen molar-refractivity contribution in [3.63, 3.8) is 0 Å². The van der Waals surface area contributed by atoms with Gasteiger partial charge in [0.15, 0.2) is 6.29 Å². The Balaban J connectivity index is 2.10. The van der Waals surface area contributed by atoms with E-state index in [-0.39, 0.29) is 6.29 Å². The van der Waals surface area contributed by atoms with E-state index >= 15 is 0 Å². The Labute approximate surface area is 76.3 Å². The first kappa shape index (κ1) is 10.2. The van der Waals surface area contributed by atoms with Crippen LogP contribution in [0.25, 0.3) is 0 Å². The van der Waals surface area contributed by atoms with Crippen molar-refractivity contribution in [1.82, 2.24) is 0 Å². The maximum atomic E-state index is 5.63.